The predicted octanol–water partition coefficient (Wildman–Crippen LogP) is 1.21. The lowest BCUT2D eigenvalue weighted by atomic mass is 10.1. The number of H-pyrrole nitrogens is 1. The van der Waals surface area contributed by atoms with Gasteiger partial charge in [-0.25, -0.2) is 4.39 Å². The average Bonchev–Trinajstić information content (AvgIpc) is 3.12. The zero-order valence-corrected chi connectivity index (χ0v) is 15.5. The number of piperazine rings is 1. The second-order valence-electron chi connectivity index (χ2n) is 6.55. The Hall–Kier alpha value is -2.45. The molecule has 0 spiro atoms. The van der Waals surface area contributed by atoms with Crippen molar-refractivity contribution in [1.29, 1.82) is 0 Å². The number of amides is 2. The Bertz CT molecular complexity index is 831. The third-order valence-corrected chi connectivity index (χ3v) is 4.95. The molecule has 3 heterocycles. The minimum atomic E-state index is -0.367. The summed E-state index contributed by atoms with van der Waals surface area (Å²) in [6.07, 6.45) is 0.843. The molecule has 1 saturated heterocycles. The molecule has 1 aromatic carbocycles. The van der Waals surface area contributed by atoms with Crippen LogP contribution in [0.15, 0.2) is 24.3 Å². The molecule has 9 heteroatoms. The number of carbonyl (C=O) groups excluding carboxylic acids is 2. The molecule has 2 aromatic rings. The molecule has 27 heavy (non-hydrogen) atoms. The number of aromatic nitrogens is 2. The molecule has 4 rings (SSSR count). The fourth-order valence-electron chi connectivity index (χ4n) is 3.44. The van der Waals surface area contributed by atoms with Crippen LogP contribution in [0, 0.1) is 5.82 Å². The SMILES string of the molecule is Cl.O=C(c1ccc(F)cc1)N1CCN(C(=O)c2n[nH]c3c2CNCC3)CC1. The Morgan fingerprint density at radius 1 is 1.00 bits per heavy atom. The highest BCUT2D eigenvalue weighted by Crippen LogP contribution is 2.18. The molecule has 144 valence electrons. The van der Waals surface area contributed by atoms with E-state index in [9.17, 15) is 14.0 Å². The molecule has 0 saturated carbocycles. The van der Waals surface area contributed by atoms with Gasteiger partial charge in [0.1, 0.15) is 5.82 Å². The molecule has 0 unspecified atom stereocenters. The van der Waals surface area contributed by atoms with E-state index in [0.29, 0.717) is 44.0 Å². The van der Waals surface area contributed by atoms with Crippen LogP contribution in [-0.4, -0.2) is 64.5 Å². The van der Waals surface area contributed by atoms with Crippen LogP contribution >= 0.6 is 12.4 Å². The molecule has 0 aliphatic carbocycles. The second-order valence-corrected chi connectivity index (χ2v) is 6.55. The van der Waals surface area contributed by atoms with Crippen LogP contribution in [0.5, 0.6) is 0 Å². The summed E-state index contributed by atoms with van der Waals surface area (Å²) in [7, 11) is 0. The zero-order valence-electron chi connectivity index (χ0n) is 14.7. The number of halogens is 2. The van der Waals surface area contributed by atoms with Crippen LogP contribution in [0.3, 0.4) is 0 Å². The third kappa shape index (κ3) is 3.81. The molecule has 2 N–H and O–H groups in total. The van der Waals surface area contributed by atoms with Crippen LogP contribution < -0.4 is 5.32 Å². The van der Waals surface area contributed by atoms with E-state index < -0.39 is 0 Å². The van der Waals surface area contributed by atoms with Crippen molar-refractivity contribution in [2.24, 2.45) is 0 Å². The van der Waals surface area contributed by atoms with E-state index in [-0.39, 0.29) is 30.0 Å². The Morgan fingerprint density at radius 3 is 2.30 bits per heavy atom. The van der Waals surface area contributed by atoms with E-state index in [2.05, 4.69) is 15.5 Å². The van der Waals surface area contributed by atoms with Gasteiger partial charge in [-0.3, -0.25) is 14.7 Å². The summed E-state index contributed by atoms with van der Waals surface area (Å²) in [6.45, 7) is 3.35. The lowest BCUT2D eigenvalue weighted by molar-refractivity contribution is 0.0531. The first-order valence-electron chi connectivity index (χ1n) is 8.74. The summed E-state index contributed by atoms with van der Waals surface area (Å²) in [6, 6.07) is 5.53. The van der Waals surface area contributed by atoms with Crippen molar-refractivity contribution >= 4 is 24.2 Å². The summed E-state index contributed by atoms with van der Waals surface area (Å²) in [5.74, 6) is -0.604. The van der Waals surface area contributed by atoms with Gasteiger partial charge >= 0.3 is 0 Å². The van der Waals surface area contributed by atoms with Gasteiger partial charge in [-0.2, -0.15) is 5.10 Å². The fraction of sp³-hybridized carbons (Fsp3) is 0.389. The van der Waals surface area contributed by atoms with E-state index in [0.717, 1.165) is 24.2 Å². The van der Waals surface area contributed by atoms with Crippen LogP contribution in [-0.2, 0) is 13.0 Å². The number of benzene rings is 1. The van der Waals surface area contributed by atoms with Gasteiger partial charge in [0.05, 0.1) is 0 Å². The second kappa shape index (κ2) is 8.06. The largest absolute Gasteiger partial charge is 0.335 e. The molecule has 1 fully saturated rings. The van der Waals surface area contributed by atoms with E-state index in [1.165, 1.54) is 24.3 Å². The maximum Gasteiger partial charge on any atom is 0.274 e. The predicted molar refractivity (Wildman–Crippen MR) is 99.5 cm³/mol. The Balaban J connectivity index is 0.00000210. The molecule has 0 radical (unpaired) electrons. The molecule has 2 aliphatic heterocycles. The minimum absolute atomic E-state index is 0. The van der Waals surface area contributed by atoms with E-state index in [1.807, 2.05) is 0 Å². The quantitative estimate of drug-likeness (QED) is 0.803. The topological polar surface area (TPSA) is 81.3 Å². The number of fused-ring (bicyclic) bond motifs is 1. The van der Waals surface area contributed by atoms with E-state index in [4.69, 9.17) is 0 Å². The van der Waals surface area contributed by atoms with Gasteiger partial charge in [-0.05, 0) is 24.3 Å². The summed E-state index contributed by atoms with van der Waals surface area (Å²) < 4.78 is 13.0. The number of rotatable bonds is 2. The van der Waals surface area contributed by atoms with Crippen molar-refractivity contribution in [3.63, 3.8) is 0 Å². The van der Waals surface area contributed by atoms with Crippen LogP contribution in [0.4, 0.5) is 4.39 Å². The van der Waals surface area contributed by atoms with Crippen molar-refractivity contribution in [2.45, 2.75) is 13.0 Å². The average molecular weight is 394 g/mol. The zero-order chi connectivity index (χ0) is 18.1. The highest BCUT2D eigenvalue weighted by Gasteiger charge is 2.29. The van der Waals surface area contributed by atoms with Gasteiger partial charge in [0.15, 0.2) is 5.69 Å². The summed E-state index contributed by atoms with van der Waals surface area (Å²) in [5, 5.41) is 10.4. The normalized spacial score (nSPS) is 16.5. The third-order valence-electron chi connectivity index (χ3n) is 4.95. The highest BCUT2D eigenvalue weighted by molar-refractivity contribution is 5.96. The number of hydrogen-bond acceptors (Lipinski definition) is 4. The summed E-state index contributed by atoms with van der Waals surface area (Å²) in [5.41, 5.74) is 2.91. The van der Waals surface area contributed by atoms with E-state index >= 15 is 0 Å². The van der Waals surface area contributed by atoms with Gasteiger partial charge < -0.3 is 15.1 Å². The maximum absolute atomic E-state index is 13.0. The smallest absolute Gasteiger partial charge is 0.274 e. The van der Waals surface area contributed by atoms with Crippen LogP contribution in [0.1, 0.15) is 32.1 Å². The Morgan fingerprint density at radius 2 is 1.63 bits per heavy atom. The summed E-state index contributed by atoms with van der Waals surface area (Å²) >= 11 is 0. The molecule has 0 atom stereocenters. The molecule has 2 amide bonds. The Kier molecular flexibility index (Phi) is 5.76. The maximum atomic E-state index is 13.0. The van der Waals surface area contributed by atoms with Crippen molar-refractivity contribution in [1.82, 2.24) is 25.3 Å². The molecular weight excluding hydrogens is 373 g/mol. The lowest BCUT2D eigenvalue weighted by Gasteiger charge is -2.34. The number of aromatic amines is 1. The fourth-order valence-corrected chi connectivity index (χ4v) is 3.44. The molecule has 7 nitrogen and oxygen atoms in total. The number of hydrogen-bond donors (Lipinski definition) is 2. The number of carbonyl (C=O) groups is 2. The first-order chi connectivity index (χ1) is 12.6. The lowest BCUT2D eigenvalue weighted by Crippen LogP contribution is -2.50. The van der Waals surface area contributed by atoms with Crippen molar-refractivity contribution in [2.75, 3.05) is 32.7 Å². The van der Waals surface area contributed by atoms with Crippen molar-refractivity contribution in [3.8, 4) is 0 Å². The number of nitrogens with zero attached hydrogens (tertiary/aromatic N) is 3. The first kappa shape index (κ1) is 19.3. The van der Waals surface area contributed by atoms with Gasteiger partial charge in [0.2, 0.25) is 0 Å². The molecule has 2 aliphatic rings. The van der Waals surface area contributed by atoms with Gasteiger partial charge in [0.25, 0.3) is 11.8 Å². The monoisotopic (exact) mass is 393 g/mol. The minimum Gasteiger partial charge on any atom is -0.335 e. The molecule has 1 aromatic heterocycles. The standard InChI is InChI=1S/C18H20FN5O2.ClH/c19-13-3-1-12(2-4-13)17(25)23-7-9-24(10-8-23)18(26)16-14-11-20-6-5-15(14)21-22-16;/h1-4,20H,5-11H2,(H,21,22);1H. The first-order valence-corrected chi connectivity index (χ1v) is 8.74. The molecular formula is C18H21ClFN5O2. The van der Waals surface area contributed by atoms with Crippen LogP contribution in [0.2, 0.25) is 0 Å². The van der Waals surface area contributed by atoms with Gasteiger partial charge in [-0.1, -0.05) is 0 Å². The summed E-state index contributed by atoms with van der Waals surface area (Å²) in [4.78, 5) is 28.7. The molecule has 0 bridgehead atoms. The Labute approximate surface area is 162 Å². The highest BCUT2D eigenvalue weighted by atomic mass is 35.5. The van der Waals surface area contributed by atoms with Crippen molar-refractivity contribution in [3.05, 3.63) is 52.6 Å². The number of nitrogens with one attached hydrogen (secondary N) is 2. The van der Waals surface area contributed by atoms with E-state index in [1.54, 1.807) is 9.80 Å². The van der Waals surface area contributed by atoms with Gasteiger partial charge in [0, 0.05) is 62.5 Å². The van der Waals surface area contributed by atoms with Gasteiger partial charge in [-0.15, -0.1) is 12.4 Å². The van der Waals surface area contributed by atoms with Crippen LogP contribution in [0.25, 0.3) is 0 Å². The van der Waals surface area contributed by atoms with Crippen molar-refractivity contribution < 1.29 is 14.0 Å².